The Morgan fingerprint density at radius 1 is 0.670 bits per heavy atom. The van der Waals surface area contributed by atoms with Gasteiger partial charge in [0.05, 0.1) is 43.7 Å². The number of esters is 1. The van der Waals surface area contributed by atoms with E-state index < -0.39 is 18.5 Å². The van der Waals surface area contributed by atoms with Crippen LogP contribution >= 0.6 is 83.5 Å². The summed E-state index contributed by atoms with van der Waals surface area (Å²) >= 11 is 19.8. The number of halogens is 4. The minimum Gasteiger partial charge on any atom is -0.491 e. The number of hydrogen-bond acceptors (Lipinski definition) is 26. The van der Waals surface area contributed by atoms with Gasteiger partial charge >= 0.3 is 24.4 Å². The molecule has 0 fully saturated rings. The first-order chi connectivity index (χ1) is 49.1. The fourth-order valence-electron chi connectivity index (χ4n) is 7.96. The van der Waals surface area contributed by atoms with Crippen LogP contribution in [0.5, 0.6) is 5.75 Å². The van der Waals surface area contributed by atoms with Crippen molar-refractivity contribution in [3.63, 3.8) is 0 Å². The molecule has 0 saturated carbocycles. The van der Waals surface area contributed by atoms with Crippen molar-refractivity contribution < 1.29 is 53.4 Å². The smallest absolute Gasteiger partial charge is 0.448 e. The summed E-state index contributed by atoms with van der Waals surface area (Å²) < 4.78 is 22.7. The average molecular weight is 1660 g/mol. The number of nitrogens with two attached hydrogens (primary N) is 3. The van der Waals surface area contributed by atoms with Gasteiger partial charge in [-0.1, -0.05) is 74.6 Å². The molecule has 0 unspecified atom stereocenters. The molecule has 0 bridgehead atoms. The lowest BCUT2D eigenvalue weighted by Gasteiger charge is -2.13. The van der Waals surface area contributed by atoms with Crippen LogP contribution in [0.15, 0.2) is 178 Å². The number of hydrogen-bond donors (Lipinski definition) is 9. The SMILES string of the molecule is CB(O)O.CC(=O)c1cccc(-c2ccc3nc(N)nn3c2)c1.CC(=O)c1cccc(-c2ccc3nc(NC(=O)Nc4ccccc4OCCC(C)C)nn3c2)c1.CCOC(=O)CC(=S)Cc1ccc(Br)cn1.CCOC(=O)SC#N.Nc1ccc(Br)cn1.Nc1nc2ccc(Br)cn2n1.ONCl. The van der Waals surface area contributed by atoms with Crippen LogP contribution in [0.2, 0.25) is 6.82 Å². The predicted molar refractivity (Wildman–Crippen MR) is 413 cm³/mol. The Labute approximate surface area is 632 Å². The number of amides is 2. The highest BCUT2D eigenvalue weighted by Crippen LogP contribution is 2.26. The maximum Gasteiger partial charge on any atom is 0.448 e. The highest BCUT2D eigenvalue weighted by Gasteiger charge is 2.14. The van der Waals surface area contributed by atoms with E-state index in [0.29, 0.717) is 94.4 Å². The van der Waals surface area contributed by atoms with Gasteiger partial charge in [0.2, 0.25) is 11.9 Å². The number of Topliss-reactive ketones (excluding diaryl/α,β-unsaturated/α-hetero) is 2. The zero-order valence-corrected chi connectivity index (χ0v) is 63.7. The van der Waals surface area contributed by atoms with Gasteiger partial charge < -0.3 is 52.0 Å². The summed E-state index contributed by atoms with van der Waals surface area (Å²) in [4.78, 5) is 79.3. The van der Waals surface area contributed by atoms with E-state index in [-0.39, 0.29) is 35.9 Å². The first kappa shape index (κ1) is 85.5. The van der Waals surface area contributed by atoms with Crippen molar-refractivity contribution in [1.82, 2.24) is 58.8 Å². The van der Waals surface area contributed by atoms with E-state index in [2.05, 4.69) is 129 Å². The van der Waals surface area contributed by atoms with Crippen molar-refractivity contribution in [3.05, 3.63) is 195 Å². The van der Waals surface area contributed by atoms with Crippen molar-refractivity contribution in [3.8, 4) is 33.4 Å². The number of ketones is 2. The molecule has 0 radical (unpaired) electrons. The number of urea groups is 1. The third-order valence-corrected chi connectivity index (χ3v) is 14.5. The standard InChI is InChI=1S/C26H27N5O3.C14H12N4O.C11H12BrNO2S.C6H5BrN4.C5H5BrN2.C4H5NO2S.CH5BO2.ClH2NO/c1-17(2)13-14-34-23-10-5-4-9-22(23)27-26(33)29-25-28-24-12-11-21(16-31(24)30-25)20-8-6-7-19(15-20)18(3)32;1-9(19)10-3-2-4-11(7-10)12-5-6-13-16-14(15)17-18(13)8-12;1-2-15-11(14)6-10(16)5-9-4-3-8(12)7-13-9;7-4-1-2-5-9-6(8)10-11(5)3-4;6-4-1-2-5(7)8-3-4;1-2-7-4(6)8-3-5;1-2(3)4;1-2-3/h4-12,15-17H,13-14H2,1-3H3,(H2,27,29,30,33);2-8H,1H3,(H2,15,17);3-4,7H,2,5-6H2,1H3;1-3H,(H2,8,10);1-3H,(H2,7,8);2H2,1H3;3-4H,1H3;2-3H. The Kier molecular flexibility index (Phi) is 38.1. The van der Waals surface area contributed by atoms with E-state index in [4.69, 9.17) is 59.4 Å². The van der Waals surface area contributed by atoms with Crippen LogP contribution in [0.25, 0.3) is 39.2 Å². The molecule has 2 amide bonds. The van der Waals surface area contributed by atoms with E-state index in [9.17, 15) is 24.0 Å². The van der Waals surface area contributed by atoms with Gasteiger partial charge in [0.1, 0.15) is 17.0 Å². The minimum atomic E-state index is -1.17. The molecule has 11 rings (SSSR count). The molecule has 12 N–H and O–H groups in total. The quantitative estimate of drug-likeness (QED) is 0.00825. The maximum atomic E-state index is 12.6. The Morgan fingerprint density at radius 3 is 1.67 bits per heavy atom. The van der Waals surface area contributed by atoms with Gasteiger partial charge in [-0.15, -0.1) is 20.3 Å². The van der Waals surface area contributed by atoms with Crippen molar-refractivity contribution in [2.45, 2.75) is 67.6 Å². The van der Waals surface area contributed by atoms with Crippen molar-refractivity contribution in [1.29, 1.82) is 5.26 Å². The Balaban J connectivity index is 0.000000277. The molecule has 36 heteroatoms. The number of thioether (sulfide) groups is 1. The molecule has 8 aromatic heterocycles. The largest absolute Gasteiger partial charge is 0.491 e. The number of nitrogens with zero attached hydrogens (tertiary/aromatic N) is 12. The molecule has 0 atom stereocenters. The van der Waals surface area contributed by atoms with Crippen LogP contribution in [0.3, 0.4) is 0 Å². The molecular weight excluding hydrogens is 1580 g/mol. The number of thiocyanates is 1. The Morgan fingerprint density at radius 2 is 1.17 bits per heavy atom. The predicted octanol–water partition coefficient (Wildman–Crippen LogP) is 13.6. The third-order valence-electron chi connectivity index (χ3n) is 12.5. The van der Waals surface area contributed by atoms with Crippen molar-refractivity contribution >= 4 is 171 Å². The molecule has 3 aromatic carbocycles. The third kappa shape index (κ3) is 32.8. The number of fused-ring (bicyclic) bond motifs is 3. The maximum absolute atomic E-state index is 12.6. The Bertz CT molecular complexity index is 4570. The zero-order chi connectivity index (χ0) is 76.0. The minimum absolute atomic E-state index is 0.00748. The number of pyridine rings is 5. The second-order valence-electron chi connectivity index (χ2n) is 21.0. The normalized spacial score (nSPS) is 10.0. The lowest BCUT2D eigenvalue weighted by Crippen LogP contribution is -2.20. The van der Waals surface area contributed by atoms with Crippen LogP contribution in [-0.4, -0.2) is 130 Å². The lowest BCUT2D eigenvalue weighted by molar-refractivity contribution is -0.141. The van der Waals surface area contributed by atoms with E-state index in [1.807, 2.05) is 122 Å². The summed E-state index contributed by atoms with van der Waals surface area (Å²) in [5, 5.41) is 49.1. The van der Waals surface area contributed by atoms with E-state index in [1.54, 1.807) is 89.5 Å². The molecule has 103 heavy (non-hydrogen) atoms. The van der Waals surface area contributed by atoms with Crippen LogP contribution in [0, 0.1) is 16.6 Å². The van der Waals surface area contributed by atoms with E-state index in [0.717, 1.165) is 53.4 Å². The molecule has 0 spiro atoms. The highest BCUT2D eigenvalue weighted by molar-refractivity contribution is 9.11. The fraction of sp³-hybridized carbons (Fsp3) is 0.209. The number of nitrogen functional groups attached to an aromatic ring is 3. The number of rotatable bonds is 16. The van der Waals surface area contributed by atoms with Gasteiger partial charge in [0.15, 0.2) is 28.5 Å². The number of benzene rings is 3. The van der Waals surface area contributed by atoms with Crippen LogP contribution in [-0.2, 0) is 20.7 Å². The van der Waals surface area contributed by atoms with Gasteiger partial charge in [-0.25, -0.2) is 28.1 Å². The second kappa shape index (κ2) is 45.9. The number of para-hydroxylation sites is 2. The lowest BCUT2D eigenvalue weighted by atomic mass is 9.99. The number of carbonyl (C=O) groups is 5. The van der Waals surface area contributed by atoms with Crippen molar-refractivity contribution in [2.75, 3.05) is 47.7 Å². The Hall–Kier alpha value is -9.87. The number of nitrogens with one attached hydrogen (secondary N) is 3. The topological polar surface area (TPSA) is 428 Å². The number of anilines is 5. The van der Waals surface area contributed by atoms with Gasteiger partial charge in [-0.05, 0) is 191 Å². The molecule has 0 aliphatic carbocycles. The first-order valence-electron chi connectivity index (χ1n) is 30.7. The first-order valence-corrected chi connectivity index (χ1v) is 34.6. The van der Waals surface area contributed by atoms with Gasteiger partial charge in [0, 0.05) is 95.4 Å². The summed E-state index contributed by atoms with van der Waals surface area (Å²) in [5.74, 6) is 2.18. The van der Waals surface area contributed by atoms with Gasteiger partial charge in [0.25, 0.3) is 5.95 Å². The van der Waals surface area contributed by atoms with Gasteiger partial charge in [-0.3, -0.25) is 24.7 Å². The number of nitriles is 1. The fourth-order valence-corrected chi connectivity index (χ4v) is 9.28. The van der Waals surface area contributed by atoms with E-state index >= 15 is 0 Å². The zero-order valence-electron chi connectivity index (χ0n) is 56.5. The summed E-state index contributed by atoms with van der Waals surface area (Å²) in [7, 11) is -1.17. The van der Waals surface area contributed by atoms with E-state index in [1.165, 1.54) is 11.8 Å². The molecular formula is C67H73BBr3ClN18O11S2. The highest BCUT2D eigenvalue weighted by atomic mass is 79.9. The number of aromatic nitrogens is 11. The summed E-state index contributed by atoms with van der Waals surface area (Å²) in [6.07, 6.45) is 10.5. The molecule has 29 nitrogen and oxygen atoms in total. The van der Waals surface area contributed by atoms with Crippen LogP contribution in [0.1, 0.15) is 80.8 Å². The molecule has 8 heterocycles. The van der Waals surface area contributed by atoms with Crippen molar-refractivity contribution in [2.24, 2.45) is 5.92 Å². The molecule has 0 saturated heterocycles. The second-order valence-corrected chi connectivity index (χ2v) is 25.2. The molecule has 0 aliphatic rings. The summed E-state index contributed by atoms with van der Waals surface area (Å²) in [5.41, 5.74) is 24.7. The summed E-state index contributed by atoms with van der Waals surface area (Å²) in [6.45, 7) is 13.4. The number of ether oxygens (including phenoxy) is 3. The summed E-state index contributed by atoms with van der Waals surface area (Å²) in [6, 6.07) is 40.3. The van der Waals surface area contributed by atoms with Crippen LogP contribution in [0.4, 0.5) is 38.9 Å². The van der Waals surface area contributed by atoms with Gasteiger partial charge in [-0.2, -0.15) is 20.2 Å². The molecule has 11 aromatic rings. The average Bonchev–Trinajstić information content (AvgIpc) is 1.71. The number of carbonyl (C=O) groups excluding carboxylic acids is 5. The monoisotopic (exact) mass is 1650 g/mol. The number of thiocarbonyl (C=S) groups is 1. The molecule has 0 aliphatic heterocycles. The molecule has 540 valence electrons. The van der Waals surface area contributed by atoms with Crippen LogP contribution < -0.4 is 37.6 Å².